The Bertz CT molecular complexity index is 487. The number of amides is 1. The number of benzene rings is 1. The topological polar surface area (TPSA) is 23.6 Å². The lowest BCUT2D eigenvalue weighted by Crippen LogP contribution is -2.38. The molecule has 0 N–H and O–H groups in total. The summed E-state index contributed by atoms with van der Waals surface area (Å²) >= 11 is 0. The SMILES string of the molecule is CCN(CC)CCC(=O)N(CC1CCCCC1)c1ccc(C)cc1. The standard InChI is InChI=1S/C21H34N2O/c1-4-22(5-2)16-15-21(24)23(17-19-9-7-6-8-10-19)20-13-11-18(3)12-14-20/h11-14,19H,4-10,15-17H2,1-3H3. The molecule has 0 unspecified atom stereocenters. The Labute approximate surface area is 148 Å². The van der Waals surface area contributed by atoms with Crippen molar-refractivity contribution in [1.29, 1.82) is 0 Å². The fraction of sp³-hybridized carbons (Fsp3) is 0.667. The summed E-state index contributed by atoms with van der Waals surface area (Å²) in [5.41, 5.74) is 2.31. The van der Waals surface area contributed by atoms with Crippen LogP contribution < -0.4 is 4.90 Å². The van der Waals surface area contributed by atoms with Gasteiger partial charge in [-0.15, -0.1) is 0 Å². The molecule has 0 radical (unpaired) electrons. The summed E-state index contributed by atoms with van der Waals surface area (Å²) in [5, 5.41) is 0. The minimum Gasteiger partial charge on any atom is -0.312 e. The largest absolute Gasteiger partial charge is 0.312 e. The second-order valence-corrected chi connectivity index (χ2v) is 7.12. The molecule has 24 heavy (non-hydrogen) atoms. The van der Waals surface area contributed by atoms with E-state index in [-0.39, 0.29) is 5.91 Å². The summed E-state index contributed by atoms with van der Waals surface area (Å²) in [6, 6.07) is 8.43. The summed E-state index contributed by atoms with van der Waals surface area (Å²) in [7, 11) is 0. The van der Waals surface area contributed by atoms with Gasteiger partial charge in [-0.3, -0.25) is 4.79 Å². The highest BCUT2D eigenvalue weighted by Crippen LogP contribution is 2.27. The van der Waals surface area contributed by atoms with Crippen LogP contribution in [0.1, 0.15) is 57.9 Å². The maximum Gasteiger partial charge on any atom is 0.228 e. The van der Waals surface area contributed by atoms with Gasteiger partial charge in [-0.05, 0) is 50.9 Å². The van der Waals surface area contributed by atoms with Gasteiger partial charge in [0.2, 0.25) is 5.91 Å². The van der Waals surface area contributed by atoms with Crippen molar-refractivity contribution < 1.29 is 4.79 Å². The van der Waals surface area contributed by atoms with E-state index in [9.17, 15) is 4.79 Å². The molecule has 1 aliphatic rings. The van der Waals surface area contributed by atoms with E-state index in [0.717, 1.165) is 31.9 Å². The average molecular weight is 331 g/mol. The van der Waals surface area contributed by atoms with Crippen molar-refractivity contribution in [2.75, 3.05) is 31.1 Å². The van der Waals surface area contributed by atoms with E-state index in [2.05, 4.69) is 54.8 Å². The smallest absolute Gasteiger partial charge is 0.228 e. The third kappa shape index (κ3) is 5.62. The van der Waals surface area contributed by atoms with E-state index < -0.39 is 0 Å². The molecule has 1 aromatic rings. The number of nitrogens with zero attached hydrogens (tertiary/aromatic N) is 2. The fourth-order valence-electron chi connectivity index (χ4n) is 3.63. The number of hydrogen-bond acceptors (Lipinski definition) is 2. The van der Waals surface area contributed by atoms with Crippen molar-refractivity contribution >= 4 is 11.6 Å². The summed E-state index contributed by atoms with van der Waals surface area (Å²) < 4.78 is 0. The molecule has 1 amide bonds. The third-order valence-corrected chi connectivity index (χ3v) is 5.35. The van der Waals surface area contributed by atoms with Crippen LogP contribution in [-0.2, 0) is 4.79 Å². The van der Waals surface area contributed by atoms with Gasteiger partial charge in [-0.1, -0.05) is 50.8 Å². The summed E-state index contributed by atoms with van der Waals surface area (Å²) in [6.07, 6.45) is 7.15. The average Bonchev–Trinajstić information content (AvgIpc) is 2.62. The Hall–Kier alpha value is -1.35. The maximum atomic E-state index is 12.9. The first-order valence-corrected chi connectivity index (χ1v) is 9.73. The first kappa shape index (κ1) is 19.0. The molecule has 0 aliphatic heterocycles. The molecule has 1 aliphatic carbocycles. The van der Waals surface area contributed by atoms with Crippen LogP contribution in [0.4, 0.5) is 5.69 Å². The van der Waals surface area contributed by atoms with E-state index in [4.69, 9.17) is 0 Å². The van der Waals surface area contributed by atoms with Gasteiger partial charge in [0.05, 0.1) is 0 Å². The molecule has 0 bridgehead atoms. The zero-order valence-corrected chi connectivity index (χ0v) is 15.8. The molecule has 134 valence electrons. The van der Waals surface area contributed by atoms with Crippen molar-refractivity contribution in [3.63, 3.8) is 0 Å². The van der Waals surface area contributed by atoms with Gasteiger partial charge in [0, 0.05) is 25.2 Å². The van der Waals surface area contributed by atoms with Gasteiger partial charge in [0.15, 0.2) is 0 Å². The Balaban J connectivity index is 2.05. The number of rotatable bonds is 8. The Morgan fingerprint density at radius 3 is 2.25 bits per heavy atom. The van der Waals surface area contributed by atoms with E-state index >= 15 is 0 Å². The fourth-order valence-corrected chi connectivity index (χ4v) is 3.63. The van der Waals surface area contributed by atoms with Crippen molar-refractivity contribution in [2.45, 2.75) is 59.3 Å². The molecule has 0 atom stereocenters. The van der Waals surface area contributed by atoms with E-state index in [1.54, 1.807) is 0 Å². The Kier molecular flexibility index (Phi) is 7.77. The number of carbonyl (C=O) groups is 1. The van der Waals surface area contributed by atoms with Crippen LogP contribution in [-0.4, -0.2) is 37.0 Å². The minimum absolute atomic E-state index is 0.274. The van der Waals surface area contributed by atoms with Crippen molar-refractivity contribution in [3.8, 4) is 0 Å². The van der Waals surface area contributed by atoms with Gasteiger partial charge < -0.3 is 9.80 Å². The highest BCUT2D eigenvalue weighted by Gasteiger charge is 2.22. The van der Waals surface area contributed by atoms with Crippen LogP contribution in [0, 0.1) is 12.8 Å². The number of aryl methyl sites for hydroxylation is 1. The molecular weight excluding hydrogens is 296 g/mol. The maximum absolute atomic E-state index is 12.9. The van der Waals surface area contributed by atoms with Crippen LogP contribution in [0.15, 0.2) is 24.3 Å². The van der Waals surface area contributed by atoms with Gasteiger partial charge in [-0.2, -0.15) is 0 Å². The number of anilines is 1. The lowest BCUT2D eigenvalue weighted by atomic mass is 9.88. The molecule has 1 aromatic carbocycles. The van der Waals surface area contributed by atoms with Crippen molar-refractivity contribution in [2.24, 2.45) is 5.92 Å². The predicted octanol–water partition coefficient (Wildman–Crippen LogP) is 4.64. The van der Waals surface area contributed by atoms with Crippen molar-refractivity contribution in [1.82, 2.24) is 4.90 Å². The Morgan fingerprint density at radius 2 is 1.67 bits per heavy atom. The first-order valence-electron chi connectivity index (χ1n) is 9.73. The van der Waals surface area contributed by atoms with Gasteiger partial charge in [0.1, 0.15) is 0 Å². The predicted molar refractivity (Wildman–Crippen MR) is 103 cm³/mol. The molecule has 2 rings (SSSR count). The van der Waals surface area contributed by atoms with Crippen LogP contribution in [0.3, 0.4) is 0 Å². The molecule has 3 heteroatoms. The van der Waals surface area contributed by atoms with Crippen molar-refractivity contribution in [3.05, 3.63) is 29.8 Å². The normalized spacial score (nSPS) is 15.7. The monoisotopic (exact) mass is 330 g/mol. The summed E-state index contributed by atoms with van der Waals surface area (Å²) in [4.78, 5) is 17.3. The quantitative estimate of drug-likeness (QED) is 0.693. The highest BCUT2D eigenvalue weighted by atomic mass is 16.2. The third-order valence-electron chi connectivity index (χ3n) is 5.35. The summed E-state index contributed by atoms with van der Waals surface area (Å²) in [5.74, 6) is 0.939. The number of carbonyl (C=O) groups excluding carboxylic acids is 1. The summed E-state index contributed by atoms with van der Waals surface area (Å²) in [6.45, 7) is 10.2. The van der Waals surface area contributed by atoms with Crippen LogP contribution in [0.2, 0.25) is 0 Å². The minimum atomic E-state index is 0.274. The van der Waals surface area contributed by atoms with Crippen LogP contribution >= 0.6 is 0 Å². The molecule has 1 saturated carbocycles. The Morgan fingerprint density at radius 1 is 1.04 bits per heavy atom. The lowest BCUT2D eigenvalue weighted by Gasteiger charge is -2.30. The molecular formula is C21H34N2O. The van der Waals surface area contributed by atoms with E-state index in [1.807, 2.05) is 0 Å². The van der Waals surface area contributed by atoms with E-state index in [0.29, 0.717) is 12.3 Å². The van der Waals surface area contributed by atoms with Crippen LogP contribution in [0.5, 0.6) is 0 Å². The van der Waals surface area contributed by atoms with Crippen LogP contribution in [0.25, 0.3) is 0 Å². The van der Waals surface area contributed by atoms with Gasteiger partial charge >= 0.3 is 0 Å². The molecule has 0 heterocycles. The van der Waals surface area contributed by atoms with Gasteiger partial charge in [0.25, 0.3) is 0 Å². The zero-order valence-electron chi connectivity index (χ0n) is 15.8. The number of hydrogen-bond donors (Lipinski definition) is 0. The highest BCUT2D eigenvalue weighted by molar-refractivity contribution is 5.93. The molecule has 0 aromatic heterocycles. The van der Waals surface area contributed by atoms with E-state index in [1.165, 1.54) is 37.7 Å². The molecule has 1 fully saturated rings. The first-order chi connectivity index (χ1) is 11.6. The lowest BCUT2D eigenvalue weighted by molar-refractivity contribution is -0.119. The second kappa shape index (κ2) is 9.83. The molecule has 0 saturated heterocycles. The van der Waals surface area contributed by atoms with Gasteiger partial charge in [-0.25, -0.2) is 0 Å². The molecule has 3 nitrogen and oxygen atoms in total. The second-order valence-electron chi connectivity index (χ2n) is 7.12. The molecule has 0 spiro atoms. The zero-order chi connectivity index (χ0) is 17.4.